The molecule has 0 spiro atoms. The van der Waals surface area contributed by atoms with Gasteiger partial charge in [-0.3, -0.25) is 4.48 Å². The first kappa shape index (κ1) is 26.7. The molecular formula is C31H50N+. The SMILES string of the molecule is CCCCCCCCCCCCCCCCCC[N+](C)(c1ccccc1)c1ccccc1. The molecule has 1 heteroatoms. The summed E-state index contributed by atoms with van der Waals surface area (Å²) in [4.78, 5) is 0. The number of hydrogen-bond acceptors (Lipinski definition) is 0. The average molecular weight is 437 g/mol. The zero-order valence-corrected chi connectivity index (χ0v) is 21.2. The highest BCUT2D eigenvalue weighted by Gasteiger charge is 2.27. The molecule has 0 fully saturated rings. The Morgan fingerprint density at radius 3 is 1.09 bits per heavy atom. The third-order valence-electron chi connectivity index (χ3n) is 7.11. The second-order valence-corrected chi connectivity index (χ2v) is 9.89. The van der Waals surface area contributed by atoms with Gasteiger partial charge in [-0.2, -0.15) is 0 Å². The first-order valence-corrected chi connectivity index (χ1v) is 13.7. The van der Waals surface area contributed by atoms with E-state index in [4.69, 9.17) is 0 Å². The number of nitrogens with zero attached hydrogens (tertiary/aromatic N) is 1. The fraction of sp³-hybridized carbons (Fsp3) is 0.613. The predicted molar refractivity (Wildman–Crippen MR) is 145 cm³/mol. The van der Waals surface area contributed by atoms with Crippen molar-refractivity contribution in [3.63, 3.8) is 0 Å². The third kappa shape index (κ3) is 10.3. The smallest absolute Gasteiger partial charge is 0.137 e. The van der Waals surface area contributed by atoms with E-state index in [0.29, 0.717) is 0 Å². The van der Waals surface area contributed by atoms with E-state index >= 15 is 0 Å². The van der Waals surface area contributed by atoms with Crippen molar-refractivity contribution >= 4 is 11.4 Å². The van der Waals surface area contributed by atoms with Crippen molar-refractivity contribution in [1.82, 2.24) is 4.48 Å². The topological polar surface area (TPSA) is 0 Å². The first-order valence-electron chi connectivity index (χ1n) is 13.7. The zero-order chi connectivity index (χ0) is 22.7. The van der Waals surface area contributed by atoms with Gasteiger partial charge in [0.15, 0.2) is 0 Å². The highest BCUT2D eigenvalue weighted by molar-refractivity contribution is 5.57. The second-order valence-electron chi connectivity index (χ2n) is 9.89. The van der Waals surface area contributed by atoms with E-state index in [0.717, 1.165) is 4.48 Å². The maximum absolute atomic E-state index is 2.37. The molecule has 0 radical (unpaired) electrons. The Hall–Kier alpha value is -1.60. The second kappa shape index (κ2) is 17.0. The Morgan fingerprint density at radius 2 is 0.750 bits per heavy atom. The van der Waals surface area contributed by atoms with Gasteiger partial charge in [-0.25, -0.2) is 0 Å². The van der Waals surface area contributed by atoms with Crippen LogP contribution in [-0.4, -0.2) is 13.6 Å². The third-order valence-corrected chi connectivity index (χ3v) is 7.11. The van der Waals surface area contributed by atoms with Gasteiger partial charge in [0.1, 0.15) is 11.4 Å². The molecule has 0 saturated heterocycles. The summed E-state index contributed by atoms with van der Waals surface area (Å²) in [6.07, 6.45) is 22.8. The van der Waals surface area contributed by atoms with Crippen molar-refractivity contribution in [2.45, 2.75) is 110 Å². The molecule has 0 heterocycles. The van der Waals surface area contributed by atoms with Crippen LogP contribution in [-0.2, 0) is 0 Å². The Morgan fingerprint density at radius 1 is 0.438 bits per heavy atom. The molecule has 32 heavy (non-hydrogen) atoms. The summed E-state index contributed by atoms with van der Waals surface area (Å²) in [5.41, 5.74) is 2.78. The summed E-state index contributed by atoms with van der Waals surface area (Å²) in [5.74, 6) is 0. The fourth-order valence-electron chi connectivity index (χ4n) is 4.90. The lowest BCUT2D eigenvalue weighted by Crippen LogP contribution is -2.40. The summed E-state index contributed by atoms with van der Waals surface area (Å²) in [5, 5.41) is 0. The molecule has 0 unspecified atom stereocenters. The largest absolute Gasteiger partial charge is 0.261 e. The van der Waals surface area contributed by atoms with Crippen LogP contribution in [0.2, 0.25) is 0 Å². The summed E-state index contributed by atoms with van der Waals surface area (Å²) in [6, 6.07) is 22.0. The Kier molecular flexibility index (Phi) is 14.1. The highest BCUT2D eigenvalue weighted by Crippen LogP contribution is 2.33. The molecule has 0 atom stereocenters. The van der Waals surface area contributed by atoms with Gasteiger partial charge < -0.3 is 0 Å². The van der Waals surface area contributed by atoms with Crippen LogP contribution in [0.5, 0.6) is 0 Å². The monoisotopic (exact) mass is 436 g/mol. The van der Waals surface area contributed by atoms with Gasteiger partial charge in [0.25, 0.3) is 0 Å². The summed E-state index contributed by atoms with van der Waals surface area (Å²) < 4.78 is 0.903. The molecule has 2 aromatic rings. The van der Waals surface area contributed by atoms with Gasteiger partial charge in [-0.05, 0) is 37.1 Å². The molecule has 2 rings (SSSR count). The van der Waals surface area contributed by atoms with Gasteiger partial charge in [0.2, 0.25) is 0 Å². The zero-order valence-electron chi connectivity index (χ0n) is 21.2. The van der Waals surface area contributed by atoms with Crippen LogP contribution in [0.15, 0.2) is 60.7 Å². The molecule has 0 aromatic heterocycles. The quantitative estimate of drug-likeness (QED) is 0.152. The van der Waals surface area contributed by atoms with E-state index < -0.39 is 0 Å². The van der Waals surface area contributed by atoms with Crippen LogP contribution in [0.3, 0.4) is 0 Å². The molecule has 0 bridgehead atoms. The van der Waals surface area contributed by atoms with Gasteiger partial charge >= 0.3 is 0 Å². The molecule has 178 valence electrons. The van der Waals surface area contributed by atoms with Crippen LogP contribution in [0.25, 0.3) is 0 Å². The summed E-state index contributed by atoms with van der Waals surface area (Å²) in [6.45, 7) is 3.47. The van der Waals surface area contributed by atoms with Crippen molar-refractivity contribution in [2.75, 3.05) is 13.6 Å². The van der Waals surface area contributed by atoms with Crippen LogP contribution in [0, 0.1) is 0 Å². The Labute approximate surface area is 199 Å². The number of hydrogen-bond donors (Lipinski definition) is 0. The minimum atomic E-state index is 0.903. The van der Waals surface area contributed by atoms with E-state index in [1.807, 2.05) is 0 Å². The number of unbranched alkanes of at least 4 members (excludes halogenated alkanes) is 15. The highest BCUT2D eigenvalue weighted by atomic mass is 15.3. The van der Waals surface area contributed by atoms with Crippen LogP contribution in [0.4, 0.5) is 11.4 Å². The Balaban J connectivity index is 1.52. The van der Waals surface area contributed by atoms with Gasteiger partial charge in [0.05, 0.1) is 13.6 Å². The molecule has 2 aromatic carbocycles. The first-order chi connectivity index (χ1) is 15.8. The lowest BCUT2D eigenvalue weighted by molar-refractivity contribution is 0.429. The van der Waals surface area contributed by atoms with Gasteiger partial charge in [-0.1, -0.05) is 133 Å². The normalized spacial score (nSPS) is 11.7. The number of para-hydroxylation sites is 2. The molecule has 0 aliphatic rings. The minimum Gasteiger partial charge on any atom is -0.261 e. The van der Waals surface area contributed by atoms with E-state index in [9.17, 15) is 0 Å². The van der Waals surface area contributed by atoms with Gasteiger partial charge in [0, 0.05) is 0 Å². The summed E-state index contributed by atoms with van der Waals surface area (Å²) >= 11 is 0. The van der Waals surface area contributed by atoms with Crippen molar-refractivity contribution in [2.24, 2.45) is 0 Å². The molecule has 0 aliphatic carbocycles. The molecule has 0 N–H and O–H groups in total. The molecule has 0 amide bonds. The number of quaternary nitrogens is 1. The minimum absolute atomic E-state index is 0.903. The Bertz CT molecular complexity index is 624. The van der Waals surface area contributed by atoms with E-state index in [1.54, 1.807) is 0 Å². The van der Waals surface area contributed by atoms with Gasteiger partial charge in [-0.15, -0.1) is 0 Å². The molecule has 1 nitrogen and oxygen atoms in total. The summed E-state index contributed by atoms with van der Waals surface area (Å²) in [7, 11) is 2.37. The standard InChI is InChI=1S/C31H50N/c1-3-4-5-6-7-8-9-10-11-12-13-14-15-16-17-24-29-32(2,30-25-20-18-21-26-30)31-27-22-19-23-28-31/h18-23,25-28H,3-17,24,29H2,1-2H3/q+1. The molecule has 0 aliphatic heterocycles. The van der Waals surface area contributed by atoms with Crippen molar-refractivity contribution in [3.05, 3.63) is 60.7 Å². The van der Waals surface area contributed by atoms with Crippen molar-refractivity contribution in [1.29, 1.82) is 0 Å². The van der Waals surface area contributed by atoms with E-state index in [2.05, 4.69) is 74.6 Å². The van der Waals surface area contributed by atoms with Crippen LogP contribution in [0.1, 0.15) is 110 Å². The maximum atomic E-state index is 2.37. The van der Waals surface area contributed by atoms with Crippen LogP contribution >= 0.6 is 0 Å². The number of rotatable bonds is 19. The average Bonchev–Trinajstić information content (AvgIpc) is 2.84. The molecule has 0 saturated carbocycles. The predicted octanol–water partition coefficient (Wildman–Crippen LogP) is 10.2. The molecular weight excluding hydrogens is 386 g/mol. The van der Waals surface area contributed by atoms with Crippen molar-refractivity contribution in [3.8, 4) is 0 Å². The lowest BCUT2D eigenvalue weighted by atomic mass is 10.0. The van der Waals surface area contributed by atoms with E-state index in [-0.39, 0.29) is 0 Å². The number of benzene rings is 2. The maximum Gasteiger partial charge on any atom is 0.137 e. The lowest BCUT2D eigenvalue weighted by Gasteiger charge is -2.33. The van der Waals surface area contributed by atoms with Crippen molar-refractivity contribution < 1.29 is 0 Å². The van der Waals surface area contributed by atoms with E-state index in [1.165, 1.54) is 121 Å². The van der Waals surface area contributed by atoms with Crippen LogP contribution < -0.4 is 4.48 Å². The fourth-order valence-corrected chi connectivity index (χ4v) is 4.90.